The van der Waals surface area contributed by atoms with Gasteiger partial charge in [0.1, 0.15) is 6.61 Å². The second kappa shape index (κ2) is 10.1. The van der Waals surface area contributed by atoms with Crippen LogP contribution >= 0.6 is 45.8 Å². The lowest BCUT2D eigenvalue weighted by molar-refractivity contribution is -0.140. The molecule has 9 heteroatoms. The predicted molar refractivity (Wildman–Crippen MR) is 143 cm³/mol. The van der Waals surface area contributed by atoms with Crippen LogP contribution in [0.25, 0.3) is 0 Å². The van der Waals surface area contributed by atoms with Crippen LogP contribution in [0.3, 0.4) is 0 Å². The van der Waals surface area contributed by atoms with Crippen LogP contribution < -0.4 is 9.47 Å². The van der Waals surface area contributed by atoms with Gasteiger partial charge in [-0.1, -0.05) is 41.4 Å². The molecule has 6 nitrogen and oxygen atoms in total. The summed E-state index contributed by atoms with van der Waals surface area (Å²) in [7, 11) is 0. The van der Waals surface area contributed by atoms with E-state index >= 15 is 0 Å². The van der Waals surface area contributed by atoms with Gasteiger partial charge in [-0.3, -0.25) is 9.59 Å². The molecule has 0 radical (unpaired) electrons. The lowest BCUT2D eigenvalue weighted by Crippen LogP contribution is -2.38. The van der Waals surface area contributed by atoms with Crippen molar-refractivity contribution in [2.45, 2.75) is 26.4 Å². The van der Waals surface area contributed by atoms with Gasteiger partial charge < -0.3 is 9.47 Å². The molecule has 1 saturated carbocycles. The van der Waals surface area contributed by atoms with E-state index < -0.39 is 0 Å². The number of ether oxygens (including phenoxy) is 2. The van der Waals surface area contributed by atoms with E-state index in [1.807, 2.05) is 19.1 Å². The van der Waals surface area contributed by atoms with Crippen molar-refractivity contribution in [2.75, 3.05) is 6.61 Å². The van der Waals surface area contributed by atoms with Gasteiger partial charge in [0, 0.05) is 15.6 Å². The maximum Gasteiger partial charge on any atom is 0.254 e. The first-order chi connectivity index (χ1) is 16.9. The number of allylic oxidation sites excluding steroid dienone is 2. The maximum atomic E-state index is 13.0. The van der Waals surface area contributed by atoms with Crippen LogP contribution in [0.15, 0.2) is 47.6 Å². The smallest absolute Gasteiger partial charge is 0.254 e. The Balaban J connectivity index is 1.36. The molecule has 4 atom stereocenters. The first kappa shape index (κ1) is 24.6. The summed E-state index contributed by atoms with van der Waals surface area (Å²) in [5.41, 5.74) is 1.50. The molecule has 182 valence electrons. The molecular formula is C26H23Cl2IN2O4. The highest BCUT2D eigenvalue weighted by Gasteiger charge is 2.56. The van der Waals surface area contributed by atoms with Crippen LogP contribution in [-0.2, 0) is 16.2 Å². The minimum Gasteiger partial charge on any atom is -0.490 e. The van der Waals surface area contributed by atoms with Gasteiger partial charge in [-0.15, -0.1) is 0 Å². The molecule has 2 bridgehead atoms. The number of carbonyl (C=O) groups excluding carboxylic acids is 2. The van der Waals surface area contributed by atoms with E-state index in [-0.39, 0.29) is 42.1 Å². The van der Waals surface area contributed by atoms with E-state index in [2.05, 4.69) is 39.8 Å². The minimum absolute atomic E-state index is 0.137. The average molecular weight is 625 g/mol. The van der Waals surface area contributed by atoms with Crippen molar-refractivity contribution >= 4 is 63.8 Å². The number of benzene rings is 2. The zero-order chi connectivity index (χ0) is 24.7. The van der Waals surface area contributed by atoms with Crippen LogP contribution in [-0.4, -0.2) is 29.6 Å². The van der Waals surface area contributed by atoms with E-state index in [1.54, 1.807) is 18.2 Å². The maximum absolute atomic E-state index is 13.0. The monoisotopic (exact) mass is 624 g/mol. The molecule has 1 heterocycles. The lowest BCUT2D eigenvalue weighted by atomic mass is 9.63. The molecule has 0 N–H and O–H groups in total. The summed E-state index contributed by atoms with van der Waals surface area (Å²) in [5, 5.41) is 6.46. The molecule has 1 aliphatic heterocycles. The van der Waals surface area contributed by atoms with E-state index in [0.717, 1.165) is 27.0 Å². The Morgan fingerprint density at radius 3 is 2.34 bits per heavy atom. The van der Waals surface area contributed by atoms with Crippen molar-refractivity contribution in [3.63, 3.8) is 0 Å². The Morgan fingerprint density at radius 1 is 1.06 bits per heavy atom. The van der Waals surface area contributed by atoms with E-state index in [0.29, 0.717) is 33.7 Å². The van der Waals surface area contributed by atoms with Crippen molar-refractivity contribution in [2.24, 2.45) is 28.8 Å². The third-order valence-electron chi connectivity index (χ3n) is 6.78. The number of carbonyl (C=O) groups is 2. The number of hydrogen-bond acceptors (Lipinski definition) is 5. The molecule has 0 aromatic heterocycles. The molecule has 0 spiro atoms. The van der Waals surface area contributed by atoms with Gasteiger partial charge in [-0.2, -0.15) is 10.1 Å². The number of hydrazone groups is 1. The Bertz CT molecular complexity index is 1220. The Labute approximate surface area is 227 Å². The fraction of sp³-hybridized carbons (Fsp3) is 0.346. The first-order valence-electron chi connectivity index (χ1n) is 11.5. The highest BCUT2D eigenvalue weighted by Crippen LogP contribution is 2.49. The normalized spacial score (nSPS) is 25.0. The molecule has 3 aliphatic carbocycles. The quantitative estimate of drug-likeness (QED) is 0.161. The molecule has 2 fully saturated rings. The minimum atomic E-state index is -0.280. The average Bonchev–Trinajstić information content (AvgIpc) is 3.11. The van der Waals surface area contributed by atoms with Crippen LogP contribution in [0.4, 0.5) is 0 Å². The van der Waals surface area contributed by atoms with E-state index in [4.69, 9.17) is 32.7 Å². The highest BCUT2D eigenvalue weighted by molar-refractivity contribution is 14.1. The fourth-order valence-electron chi connectivity index (χ4n) is 5.15. The molecule has 2 aromatic rings. The van der Waals surface area contributed by atoms with Crippen molar-refractivity contribution in [3.05, 3.63) is 67.2 Å². The highest BCUT2D eigenvalue weighted by atomic mass is 127. The Morgan fingerprint density at radius 2 is 1.74 bits per heavy atom. The van der Waals surface area contributed by atoms with Crippen molar-refractivity contribution < 1.29 is 19.1 Å². The summed E-state index contributed by atoms with van der Waals surface area (Å²) in [5.74, 6) is 0.439. The Hall–Kier alpha value is -2.10. The van der Waals surface area contributed by atoms with Gasteiger partial charge in [0.05, 0.1) is 28.2 Å². The molecule has 2 amide bonds. The van der Waals surface area contributed by atoms with Crippen LogP contribution in [0.5, 0.6) is 11.5 Å². The van der Waals surface area contributed by atoms with Crippen molar-refractivity contribution in [3.8, 4) is 11.5 Å². The molecule has 0 unspecified atom stereocenters. The molecule has 35 heavy (non-hydrogen) atoms. The van der Waals surface area contributed by atoms with E-state index in [1.165, 1.54) is 6.21 Å². The lowest BCUT2D eigenvalue weighted by Gasteiger charge is -2.37. The molecule has 2 aromatic carbocycles. The molecule has 1 saturated heterocycles. The molecule has 4 aliphatic rings. The number of halogens is 3. The summed E-state index contributed by atoms with van der Waals surface area (Å²) < 4.78 is 12.7. The number of fused-ring (bicyclic) bond motifs is 1. The first-order valence-corrected chi connectivity index (χ1v) is 13.3. The van der Waals surface area contributed by atoms with Crippen LogP contribution in [0, 0.1) is 27.2 Å². The summed E-state index contributed by atoms with van der Waals surface area (Å²) >= 11 is 14.4. The number of amides is 2. The summed E-state index contributed by atoms with van der Waals surface area (Å²) in [4.78, 5) is 26.0. The third kappa shape index (κ3) is 4.70. The van der Waals surface area contributed by atoms with Gasteiger partial charge in [-0.05, 0) is 84.0 Å². The van der Waals surface area contributed by atoms with E-state index in [9.17, 15) is 9.59 Å². The summed E-state index contributed by atoms with van der Waals surface area (Å²) in [6.07, 6.45) is 7.64. The number of imide groups is 1. The second-order valence-corrected chi connectivity index (χ2v) is 10.9. The van der Waals surface area contributed by atoms with Gasteiger partial charge in [0.15, 0.2) is 11.5 Å². The van der Waals surface area contributed by atoms with Crippen molar-refractivity contribution in [1.29, 1.82) is 0 Å². The standard InChI is InChI=1S/C26H23Cl2IN2O4/c1-2-34-21-10-14(9-20(29)24(21)35-13-17-7-8-18(27)11-19(17)28)12-30-31-25(32)22-15-3-4-16(6-5-15)23(22)26(31)33/h3-4,7-12,15-16,22-23H,2,5-6,13H2,1H3/b30-12-/t15-,16-,22-,23-/m0/s1. The fourth-order valence-corrected chi connectivity index (χ4v) is 6.39. The summed E-state index contributed by atoms with van der Waals surface area (Å²) in [6, 6.07) is 8.92. The molecule has 6 rings (SSSR count). The van der Waals surface area contributed by atoms with Crippen molar-refractivity contribution in [1.82, 2.24) is 5.01 Å². The van der Waals surface area contributed by atoms with Crippen LogP contribution in [0.1, 0.15) is 30.9 Å². The Kier molecular flexibility index (Phi) is 7.10. The predicted octanol–water partition coefficient (Wildman–Crippen LogP) is 6.11. The third-order valence-corrected chi connectivity index (χ3v) is 8.17. The zero-order valence-electron chi connectivity index (χ0n) is 18.9. The molecular weight excluding hydrogens is 602 g/mol. The number of rotatable bonds is 7. The van der Waals surface area contributed by atoms with Gasteiger partial charge in [0.2, 0.25) is 0 Å². The second-order valence-electron chi connectivity index (χ2n) is 8.86. The van der Waals surface area contributed by atoms with Gasteiger partial charge >= 0.3 is 0 Å². The largest absolute Gasteiger partial charge is 0.490 e. The number of nitrogens with zero attached hydrogens (tertiary/aromatic N) is 2. The SMILES string of the molecule is CCOc1cc(/C=N\N2C(=O)[C@@H]3[C@@H](C2=O)[C@H]2C=C[C@H]3CC2)cc(I)c1OCc1ccc(Cl)cc1Cl. The van der Waals surface area contributed by atoms with Gasteiger partial charge in [0.25, 0.3) is 11.8 Å². The van der Waals surface area contributed by atoms with Crippen LogP contribution in [0.2, 0.25) is 10.0 Å². The van der Waals surface area contributed by atoms with Gasteiger partial charge in [-0.25, -0.2) is 0 Å². The summed E-state index contributed by atoms with van der Waals surface area (Å²) in [6.45, 7) is 2.57. The number of hydrogen-bond donors (Lipinski definition) is 0. The topological polar surface area (TPSA) is 68.2 Å². The zero-order valence-corrected chi connectivity index (χ0v) is 22.6.